The molecule has 0 saturated carbocycles. The molecule has 0 aliphatic heterocycles. The summed E-state index contributed by atoms with van der Waals surface area (Å²) in [4.78, 5) is 30.2. The summed E-state index contributed by atoms with van der Waals surface area (Å²) < 4.78 is 16.1. The van der Waals surface area contributed by atoms with Crippen LogP contribution in [0.1, 0.15) is 26.5 Å². The van der Waals surface area contributed by atoms with E-state index >= 15 is 0 Å². The topological polar surface area (TPSA) is 156 Å². The fourth-order valence-corrected chi connectivity index (χ4v) is 3.86. The summed E-state index contributed by atoms with van der Waals surface area (Å²) in [5, 5.41) is 19.6. The number of benzene rings is 2. The molecular weight excluding hydrogens is 513 g/mol. The summed E-state index contributed by atoms with van der Waals surface area (Å²) in [5.74, 6) is -1.40. The van der Waals surface area contributed by atoms with Gasteiger partial charge < -0.3 is 16.4 Å². The number of carbonyl (C=O) groups is 2. The Morgan fingerprint density at radius 3 is 2.61 bits per heavy atom. The molecule has 38 heavy (non-hydrogen) atoms. The molecule has 13 heteroatoms. The maximum absolute atomic E-state index is 14.7. The predicted octanol–water partition coefficient (Wildman–Crippen LogP) is 3.61. The standard InChI is InChI=1S/C25H19ClFN9O2/c26-18-10-19(27)17(20-7-4-8-22(28)31-20)9-16(18)24(37)32-23-11-21(25(38)29-12-14-13-30-35-33-14)34-36(23)15-5-2-1-3-6-15/h1-11,13H,12H2,(H2,28,31)(H,29,38)(H,32,37)(H,30,33,35). The molecule has 190 valence electrons. The van der Waals surface area contributed by atoms with E-state index in [0.717, 1.165) is 6.07 Å². The lowest BCUT2D eigenvalue weighted by molar-refractivity contribution is 0.0944. The van der Waals surface area contributed by atoms with Gasteiger partial charge in [0, 0.05) is 11.6 Å². The predicted molar refractivity (Wildman–Crippen MR) is 138 cm³/mol. The number of nitrogens with zero attached hydrogens (tertiary/aromatic N) is 5. The molecule has 5 rings (SSSR count). The number of para-hydroxylation sites is 1. The molecule has 0 radical (unpaired) electrons. The number of amides is 2. The quantitative estimate of drug-likeness (QED) is 0.250. The number of aromatic nitrogens is 6. The molecule has 11 nitrogen and oxygen atoms in total. The number of nitrogen functional groups attached to an aromatic ring is 1. The minimum absolute atomic E-state index is 0.00847. The lowest BCUT2D eigenvalue weighted by Gasteiger charge is -2.11. The molecule has 0 spiro atoms. The van der Waals surface area contributed by atoms with Crippen molar-refractivity contribution in [1.82, 2.24) is 35.5 Å². The monoisotopic (exact) mass is 531 g/mol. The van der Waals surface area contributed by atoms with Gasteiger partial charge in [-0.25, -0.2) is 14.1 Å². The van der Waals surface area contributed by atoms with Crippen LogP contribution in [0.25, 0.3) is 16.9 Å². The number of nitrogens with two attached hydrogens (primary N) is 1. The highest BCUT2D eigenvalue weighted by atomic mass is 35.5. The van der Waals surface area contributed by atoms with Gasteiger partial charge in [-0.05, 0) is 36.4 Å². The summed E-state index contributed by atoms with van der Waals surface area (Å²) in [5.41, 5.74) is 7.27. The second-order valence-corrected chi connectivity index (χ2v) is 8.45. The molecule has 0 fully saturated rings. The van der Waals surface area contributed by atoms with Crippen LogP contribution in [0.3, 0.4) is 0 Å². The number of rotatable bonds is 7. The molecule has 2 aromatic carbocycles. The largest absolute Gasteiger partial charge is 0.384 e. The van der Waals surface area contributed by atoms with Crippen molar-refractivity contribution in [2.75, 3.05) is 11.1 Å². The number of H-pyrrole nitrogens is 1. The molecule has 5 aromatic rings. The Morgan fingerprint density at radius 1 is 1.05 bits per heavy atom. The van der Waals surface area contributed by atoms with E-state index in [1.165, 1.54) is 23.0 Å². The summed E-state index contributed by atoms with van der Waals surface area (Å²) in [6, 6.07) is 17.4. The first kappa shape index (κ1) is 24.6. The van der Waals surface area contributed by atoms with Crippen molar-refractivity contribution < 1.29 is 14.0 Å². The Hall–Kier alpha value is -5.10. The molecule has 3 heterocycles. The Balaban J connectivity index is 1.46. The zero-order chi connectivity index (χ0) is 26.6. The van der Waals surface area contributed by atoms with Crippen molar-refractivity contribution in [2.45, 2.75) is 6.54 Å². The fraction of sp³-hybridized carbons (Fsp3) is 0.0400. The third kappa shape index (κ3) is 5.20. The fourth-order valence-electron chi connectivity index (χ4n) is 3.62. The average Bonchev–Trinajstić information content (AvgIpc) is 3.58. The molecule has 0 atom stereocenters. The normalized spacial score (nSPS) is 10.8. The van der Waals surface area contributed by atoms with Gasteiger partial charge in [0.2, 0.25) is 0 Å². The average molecular weight is 532 g/mol. The zero-order valence-corrected chi connectivity index (χ0v) is 20.3. The highest BCUT2D eigenvalue weighted by Gasteiger charge is 2.21. The SMILES string of the molecule is Nc1cccc(-c2cc(C(=O)Nc3cc(C(=O)NCc4cnn[nH]4)nn3-c3ccccc3)c(Cl)cc2F)n1. The number of anilines is 2. The molecule has 0 saturated heterocycles. The minimum Gasteiger partial charge on any atom is -0.384 e. The second-order valence-electron chi connectivity index (χ2n) is 8.04. The van der Waals surface area contributed by atoms with Crippen molar-refractivity contribution in [3.8, 4) is 16.9 Å². The van der Waals surface area contributed by atoms with Gasteiger partial charge in [-0.2, -0.15) is 5.10 Å². The molecule has 0 aliphatic rings. The highest BCUT2D eigenvalue weighted by molar-refractivity contribution is 6.34. The van der Waals surface area contributed by atoms with Crippen LogP contribution in [0.2, 0.25) is 5.02 Å². The van der Waals surface area contributed by atoms with Crippen molar-refractivity contribution in [3.63, 3.8) is 0 Å². The van der Waals surface area contributed by atoms with Crippen molar-refractivity contribution >= 4 is 35.1 Å². The number of carbonyl (C=O) groups excluding carboxylic acids is 2. The summed E-state index contributed by atoms with van der Waals surface area (Å²) in [7, 11) is 0. The lowest BCUT2D eigenvalue weighted by atomic mass is 10.1. The van der Waals surface area contributed by atoms with Crippen LogP contribution >= 0.6 is 11.6 Å². The third-order valence-electron chi connectivity index (χ3n) is 5.44. The minimum atomic E-state index is -0.662. The maximum Gasteiger partial charge on any atom is 0.272 e. The summed E-state index contributed by atoms with van der Waals surface area (Å²) >= 11 is 6.24. The molecule has 0 bridgehead atoms. The number of halogens is 2. The first-order valence-electron chi connectivity index (χ1n) is 11.2. The van der Waals surface area contributed by atoms with Gasteiger partial charge in [0.05, 0.1) is 40.4 Å². The van der Waals surface area contributed by atoms with Gasteiger partial charge in [-0.15, -0.1) is 5.10 Å². The Morgan fingerprint density at radius 2 is 1.87 bits per heavy atom. The van der Waals surface area contributed by atoms with Gasteiger partial charge in [0.25, 0.3) is 11.8 Å². The van der Waals surface area contributed by atoms with E-state index in [-0.39, 0.29) is 45.7 Å². The van der Waals surface area contributed by atoms with E-state index in [9.17, 15) is 14.0 Å². The maximum atomic E-state index is 14.7. The lowest BCUT2D eigenvalue weighted by Crippen LogP contribution is -2.23. The molecule has 0 aliphatic carbocycles. The number of hydrogen-bond acceptors (Lipinski definition) is 7. The molecule has 5 N–H and O–H groups in total. The van der Waals surface area contributed by atoms with E-state index < -0.39 is 17.6 Å². The van der Waals surface area contributed by atoms with E-state index in [1.807, 2.05) is 6.07 Å². The Kier molecular flexibility index (Phi) is 6.78. The molecular formula is C25H19ClFN9O2. The van der Waals surface area contributed by atoms with Gasteiger partial charge in [-0.1, -0.05) is 41.1 Å². The number of pyridine rings is 1. The van der Waals surface area contributed by atoms with E-state index in [4.69, 9.17) is 17.3 Å². The summed E-state index contributed by atoms with van der Waals surface area (Å²) in [6.07, 6.45) is 1.48. The van der Waals surface area contributed by atoms with Crippen molar-refractivity contribution in [2.24, 2.45) is 0 Å². The number of hydrogen-bond donors (Lipinski definition) is 4. The van der Waals surface area contributed by atoms with Crippen LogP contribution in [0.4, 0.5) is 16.0 Å². The van der Waals surface area contributed by atoms with Crippen LogP contribution in [0, 0.1) is 5.82 Å². The van der Waals surface area contributed by atoms with Crippen molar-refractivity contribution in [3.05, 3.63) is 101 Å². The molecule has 2 amide bonds. The van der Waals surface area contributed by atoms with Crippen LogP contribution < -0.4 is 16.4 Å². The van der Waals surface area contributed by atoms with Crippen LogP contribution in [-0.2, 0) is 6.54 Å². The first-order chi connectivity index (χ1) is 18.4. The van der Waals surface area contributed by atoms with Gasteiger partial charge in [-0.3, -0.25) is 14.7 Å². The van der Waals surface area contributed by atoms with Crippen LogP contribution in [0.5, 0.6) is 0 Å². The van der Waals surface area contributed by atoms with E-state index in [0.29, 0.717) is 11.4 Å². The molecule has 3 aromatic heterocycles. The van der Waals surface area contributed by atoms with Gasteiger partial charge >= 0.3 is 0 Å². The second kappa shape index (κ2) is 10.5. The summed E-state index contributed by atoms with van der Waals surface area (Å²) in [6.45, 7) is 0.151. The first-order valence-corrected chi connectivity index (χ1v) is 11.6. The van der Waals surface area contributed by atoms with E-state index in [2.05, 4.69) is 36.1 Å². The Labute approximate surface area is 219 Å². The zero-order valence-electron chi connectivity index (χ0n) is 19.5. The molecule has 0 unspecified atom stereocenters. The van der Waals surface area contributed by atoms with Gasteiger partial charge in [0.1, 0.15) is 17.5 Å². The number of aromatic amines is 1. The van der Waals surface area contributed by atoms with Crippen LogP contribution in [-0.4, -0.2) is 42.0 Å². The van der Waals surface area contributed by atoms with Crippen LogP contribution in [0.15, 0.2) is 72.9 Å². The smallest absolute Gasteiger partial charge is 0.272 e. The van der Waals surface area contributed by atoms with E-state index in [1.54, 1.807) is 42.5 Å². The third-order valence-corrected chi connectivity index (χ3v) is 5.75. The van der Waals surface area contributed by atoms with Crippen molar-refractivity contribution in [1.29, 1.82) is 0 Å². The number of nitrogens with one attached hydrogen (secondary N) is 3. The van der Waals surface area contributed by atoms with Gasteiger partial charge in [0.15, 0.2) is 5.69 Å². The Bertz CT molecular complexity index is 1620. The highest BCUT2D eigenvalue weighted by Crippen LogP contribution is 2.29.